The van der Waals surface area contributed by atoms with Crippen LogP contribution >= 0.6 is 22.6 Å². The summed E-state index contributed by atoms with van der Waals surface area (Å²) in [5.74, 6) is -0.552. The minimum Gasteiger partial charge on any atom is -0.454 e. The number of halogens is 1. The lowest BCUT2D eigenvalue weighted by Crippen LogP contribution is -2.16. The van der Waals surface area contributed by atoms with E-state index in [9.17, 15) is 4.79 Å². The molecule has 2 nitrogen and oxygen atoms in total. The van der Waals surface area contributed by atoms with Crippen molar-refractivity contribution in [3.05, 3.63) is 71.8 Å². The van der Waals surface area contributed by atoms with Crippen LogP contribution in [0, 0.1) is 0 Å². The summed E-state index contributed by atoms with van der Waals surface area (Å²) in [6.07, 6.45) is 0. The molecule has 92 valence electrons. The van der Waals surface area contributed by atoms with Gasteiger partial charge in [0, 0.05) is 0 Å². The summed E-state index contributed by atoms with van der Waals surface area (Å²) in [7, 11) is 0. The normalized spacial score (nSPS) is 10.3. The van der Waals surface area contributed by atoms with E-state index >= 15 is 0 Å². The number of alkyl halides is 1. The topological polar surface area (TPSA) is 26.3 Å². The largest absolute Gasteiger partial charge is 0.454 e. The van der Waals surface area contributed by atoms with Gasteiger partial charge in [-0.2, -0.15) is 0 Å². The van der Waals surface area contributed by atoms with E-state index in [-0.39, 0.29) is 11.9 Å². The second-order valence-electron chi connectivity index (χ2n) is 3.83. The molecule has 0 aliphatic rings. The summed E-state index contributed by atoms with van der Waals surface area (Å²) in [6.45, 7) is 0. The number of carbonyl (C=O) groups is 1. The fraction of sp³-hybridized carbons (Fsp3) is 0.133. The van der Waals surface area contributed by atoms with Gasteiger partial charge in [-0.05, 0) is 33.7 Å². The first-order chi connectivity index (χ1) is 8.83. The van der Waals surface area contributed by atoms with Gasteiger partial charge in [-0.1, -0.05) is 60.7 Å². The van der Waals surface area contributed by atoms with Gasteiger partial charge in [0.2, 0.25) is 0 Å². The Balaban J connectivity index is 2.38. The predicted octanol–water partition coefficient (Wildman–Crippen LogP) is 3.75. The Kier molecular flexibility index (Phi) is 4.75. The van der Waals surface area contributed by atoms with E-state index in [1.165, 1.54) is 0 Å². The van der Waals surface area contributed by atoms with Gasteiger partial charge in [-0.15, -0.1) is 0 Å². The molecule has 0 heterocycles. The van der Waals surface area contributed by atoms with Crippen molar-refractivity contribution in [2.45, 2.75) is 5.92 Å². The van der Waals surface area contributed by atoms with Crippen LogP contribution < -0.4 is 0 Å². The van der Waals surface area contributed by atoms with Crippen molar-refractivity contribution in [1.82, 2.24) is 0 Å². The Morgan fingerprint density at radius 3 is 1.78 bits per heavy atom. The number of rotatable bonds is 4. The molecule has 2 aromatic carbocycles. The molecule has 2 rings (SSSR count). The maximum absolute atomic E-state index is 12.1. The molecule has 3 heteroatoms. The molecule has 0 N–H and O–H groups in total. The van der Waals surface area contributed by atoms with E-state index < -0.39 is 0 Å². The SMILES string of the molecule is O=C(OCI)C(c1ccccc1)c1ccccc1. The van der Waals surface area contributed by atoms with Crippen molar-refractivity contribution in [3.8, 4) is 0 Å². The molecule has 18 heavy (non-hydrogen) atoms. The second-order valence-corrected chi connectivity index (χ2v) is 4.45. The zero-order valence-corrected chi connectivity index (χ0v) is 11.9. The van der Waals surface area contributed by atoms with Crippen molar-refractivity contribution in [1.29, 1.82) is 0 Å². The van der Waals surface area contributed by atoms with Crippen LogP contribution in [0.5, 0.6) is 0 Å². The summed E-state index contributed by atoms with van der Waals surface area (Å²) in [6, 6.07) is 19.4. The highest BCUT2D eigenvalue weighted by atomic mass is 127. The van der Waals surface area contributed by atoms with E-state index in [1.807, 2.05) is 83.3 Å². The van der Waals surface area contributed by atoms with Gasteiger partial charge in [-0.3, -0.25) is 4.79 Å². The number of carbonyl (C=O) groups excluding carboxylic acids is 1. The third kappa shape index (κ3) is 3.10. The Morgan fingerprint density at radius 2 is 1.39 bits per heavy atom. The quantitative estimate of drug-likeness (QED) is 0.476. The fourth-order valence-electron chi connectivity index (χ4n) is 1.89. The zero-order valence-electron chi connectivity index (χ0n) is 9.75. The second kappa shape index (κ2) is 6.54. The van der Waals surface area contributed by atoms with Crippen LogP contribution in [0.25, 0.3) is 0 Å². The van der Waals surface area contributed by atoms with Crippen LogP contribution in [0.2, 0.25) is 0 Å². The van der Waals surface area contributed by atoms with Crippen LogP contribution in [-0.2, 0) is 9.53 Å². The lowest BCUT2D eigenvalue weighted by molar-refractivity contribution is -0.141. The van der Waals surface area contributed by atoms with Gasteiger partial charge in [0.05, 0.1) is 0 Å². The highest BCUT2D eigenvalue weighted by Crippen LogP contribution is 2.25. The molecule has 0 atom stereocenters. The van der Waals surface area contributed by atoms with Gasteiger partial charge in [0.1, 0.15) is 10.5 Å². The first kappa shape index (κ1) is 13.1. The van der Waals surface area contributed by atoms with Crippen molar-refractivity contribution < 1.29 is 9.53 Å². The lowest BCUT2D eigenvalue weighted by Gasteiger charge is -2.16. The monoisotopic (exact) mass is 352 g/mol. The van der Waals surface area contributed by atoms with Crippen molar-refractivity contribution in [3.63, 3.8) is 0 Å². The summed E-state index contributed by atoms with van der Waals surface area (Å²) < 4.78 is 5.53. The summed E-state index contributed by atoms with van der Waals surface area (Å²) in [5.41, 5.74) is 1.91. The minimum atomic E-state index is -0.345. The maximum Gasteiger partial charge on any atom is 0.318 e. The van der Waals surface area contributed by atoms with Crippen LogP contribution in [0.4, 0.5) is 0 Å². The summed E-state index contributed by atoms with van der Waals surface area (Å²) >= 11 is 2.03. The van der Waals surface area contributed by atoms with Crippen LogP contribution in [0.15, 0.2) is 60.7 Å². The Labute approximate surface area is 120 Å². The number of esters is 1. The molecule has 0 aliphatic carbocycles. The highest BCUT2D eigenvalue weighted by Gasteiger charge is 2.23. The molecule has 0 bridgehead atoms. The number of hydrogen-bond acceptors (Lipinski definition) is 2. The average molecular weight is 352 g/mol. The molecule has 0 saturated heterocycles. The van der Waals surface area contributed by atoms with Crippen molar-refractivity contribution in [2.75, 3.05) is 4.61 Å². The maximum atomic E-state index is 12.1. The first-order valence-corrected chi connectivity index (χ1v) is 7.18. The van der Waals surface area contributed by atoms with Gasteiger partial charge < -0.3 is 4.74 Å². The molecule has 0 amide bonds. The standard InChI is InChI=1S/C15H13IO2/c16-11-18-15(17)14(12-7-3-1-4-8-12)13-9-5-2-6-10-13/h1-10,14H,11H2. The molecule has 0 unspecified atom stereocenters. The van der Waals surface area contributed by atoms with E-state index in [1.54, 1.807) is 0 Å². The van der Waals surface area contributed by atoms with Crippen molar-refractivity contribution in [2.24, 2.45) is 0 Å². The van der Waals surface area contributed by atoms with Crippen LogP contribution in [-0.4, -0.2) is 10.6 Å². The summed E-state index contributed by atoms with van der Waals surface area (Å²) in [4.78, 5) is 12.1. The Hall–Kier alpha value is -1.36. The van der Waals surface area contributed by atoms with Gasteiger partial charge in [0.15, 0.2) is 0 Å². The van der Waals surface area contributed by atoms with Gasteiger partial charge in [0.25, 0.3) is 0 Å². The van der Waals surface area contributed by atoms with Gasteiger partial charge in [-0.25, -0.2) is 0 Å². The molecule has 0 aromatic heterocycles. The van der Waals surface area contributed by atoms with Crippen LogP contribution in [0.1, 0.15) is 17.0 Å². The molecular weight excluding hydrogens is 339 g/mol. The van der Waals surface area contributed by atoms with Gasteiger partial charge >= 0.3 is 5.97 Å². The number of ether oxygens (including phenoxy) is 1. The van der Waals surface area contributed by atoms with Crippen LogP contribution in [0.3, 0.4) is 0 Å². The molecule has 0 fully saturated rings. The molecule has 0 spiro atoms. The predicted molar refractivity (Wildman–Crippen MR) is 79.7 cm³/mol. The van der Waals surface area contributed by atoms with E-state index in [0.717, 1.165) is 11.1 Å². The molecule has 0 radical (unpaired) electrons. The molecule has 2 aromatic rings. The summed E-state index contributed by atoms with van der Waals surface area (Å²) in [5, 5.41) is 0. The lowest BCUT2D eigenvalue weighted by atomic mass is 9.91. The van der Waals surface area contributed by atoms with Crippen molar-refractivity contribution >= 4 is 28.6 Å². The average Bonchev–Trinajstić information content (AvgIpc) is 2.42. The number of benzene rings is 2. The molecule has 0 saturated carbocycles. The third-order valence-corrected chi connectivity index (χ3v) is 3.01. The zero-order chi connectivity index (χ0) is 12.8. The van der Waals surface area contributed by atoms with E-state index in [4.69, 9.17) is 4.74 Å². The smallest absolute Gasteiger partial charge is 0.318 e. The third-order valence-electron chi connectivity index (χ3n) is 2.70. The minimum absolute atomic E-state index is 0.207. The number of hydrogen-bond donors (Lipinski definition) is 0. The molecular formula is C15H13IO2. The Bertz CT molecular complexity index is 457. The fourth-order valence-corrected chi connectivity index (χ4v) is 2.20. The van der Waals surface area contributed by atoms with E-state index in [0.29, 0.717) is 4.61 Å². The Morgan fingerprint density at radius 1 is 0.944 bits per heavy atom. The first-order valence-electron chi connectivity index (χ1n) is 5.65. The highest BCUT2D eigenvalue weighted by molar-refractivity contribution is 14.1. The van der Waals surface area contributed by atoms with E-state index in [2.05, 4.69) is 0 Å². The molecule has 0 aliphatic heterocycles.